The van der Waals surface area contributed by atoms with Gasteiger partial charge in [-0.3, -0.25) is 0 Å². The molecule has 1 aliphatic rings. The number of carbonyl (C=O) groups excluding carboxylic acids is 1. The SMILES string of the molecule is O=C(NC1(CCO)COC1)OCc1ccccc1. The fourth-order valence-corrected chi connectivity index (χ4v) is 1.82. The van der Waals surface area contributed by atoms with Crippen LogP contribution in [0.4, 0.5) is 4.79 Å². The van der Waals surface area contributed by atoms with E-state index in [1.54, 1.807) is 0 Å². The van der Waals surface area contributed by atoms with Crippen molar-refractivity contribution in [1.82, 2.24) is 5.32 Å². The first kappa shape index (κ1) is 12.9. The molecule has 0 spiro atoms. The number of benzene rings is 1. The molecule has 1 amide bonds. The molecule has 1 saturated heterocycles. The van der Waals surface area contributed by atoms with Crippen LogP contribution >= 0.6 is 0 Å². The molecule has 0 radical (unpaired) electrons. The molecule has 1 aromatic rings. The van der Waals surface area contributed by atoms with E-state index in [9.17, 15) is 4.79 Å². The molecule has 0 aromatic heterocycles. The number of hydrogen-bond acceptors (Lipinski definition) is 4. The van der Waals surface area contributed by atoms with E-state index >= 15 is 0 Å². The Kier molecular flexibility index (Phi) is 4.17. The van der Waals surface area contributed by atoms with E-state index in [1.165, 1.54) is 0 Å². The molecule has 0 unspecified atom stereocenters. The Morgan fingerprint density at radius 1 is 1.39 bits per heavy atom. The van der Waals surface area contributed by atoms with Crippen LogP contribution in [0, 0.1) is 0 Å². The van der Waals surface area contributed by atoms with Crippen LogP contribution in [0.1, 0.15) is 12.0 Å². The van der Waals surface area contributed by atoms with E-state index < -0.39 is 11.6 Å². The van der Waals surface area contributed by atoms with Gasteiger partial charge in [0.15, 0.2) is 0 Å². The summed E-state index contributed by atoms with van der Waals surface area (Å²) in [5.74, 6) is 0. The number of amides is 1. The van der Waals surface area contributed by atoms with Gasteiger partial charge in [0.25, 0.3) is 0 Å². The first-order valence-corrected chi connectivity index (χ1v) is 5.92. The minimum absolute atomic E-state index is 0.0162. The molecule has 0 atom stereocenters. The minimum atomic E-state index is -0.476. The summed E-state index contributed by atoms with van der Waals surface area (Å²) in [5, 5.41) is 11.7. The molecule has 1 heterocycles. The highest BCUT2D eigenvalue weighted by Gasteiger charge is 2.39. The van der Waals surface area contributed by atoms with Gasteiger partial charge in [0.05, 0.1) is 18.8 Å². The average Bonchev–Trinajstić information content (AvgIpc) is 2.35. The van der Waals surface area contributed by atoms with E-state index in [0.29, 0.717) is 19.6 Å². The number of rotatable bonds is 5. The van der Waals surface area contributed by atoms with Crippen LogP contribution in [0.2, 0.25) is 0 Å². The maximum absolute atomic E-state index is 11.6. The van der Waals surface area contributed by atoms with Crippen molar-refractivity contribution in [3.8, 4) is 0 Å². The maximum Gasteiger partial charge on any atom is 0.408 e. The Bertz CT molecular complexity index is 389. The lowest BCUT2D eigenvalue weighted by molar-refractivity contribution is -0.0812. The van der Waals surface area contributed by atoms with E-state index in [4.69, 9.17) is 14.6 Å². The van der Waals surface area contributed by atoms with Gasteiger partial charge >= 0.3 is 6.09 Å². The highest BCUT2D eigenvalue weighted by Crippen LogP contribution is 2.20. The number of ether oxygens (including phenoxy) is 2. The number of alkyl carbamates (subject to hydrolysis) is 1. The molecule has 98 valence electrons. The maximum atomic E-state index is 11.6. The number of aliphatic hydroxyl groups is 1. The van der Waals surface area contributed by atoms with Crippen molar-refractivity contribution >= 4 is 6.09 Å². The van der Waals surface area contributed by atoms with Crippen LogP contribution in [0.25, 0.3) is 0 Å². The second kappa shape index (κ2) is 5.84. The summed E-state index contributed by atoms with van der Waals surface area (Å²) in [6.45, 7) is 1.10. The van der Waals surface area contributed by atoms with Crippen LogP contribution in [-0.4, -0.2) is 36.6 Å². The van der Waals surface area contributed by atoms with Gasteiger partial charge in [-0.1, -0.05) is 30.3 Å². The number of aliphatic hydroxyl groups excluding tert-OH is 1. The van der Waals surface area contributed by atoms with Gasteiger partial charge in [-0.05, 0) is 12.0 Å². The van der Waals surface area contributed by atoms with Crippen molar-refractivity contribution in [1.29, 1.82) is 0 Å². The zero-order chi connectivity index (χ0) is 12.8. The molecule has 1 aliphatic heterocycles. The number of hydrogen-bond donors (Lipinski definition) is 2. The second-order valence-electron chi connectivity index (χ2n) is 4.43. The van der Waals surface area contributed by atoms with Gasteiger partial charge in [-0.25, -0.2) is 4.79 Å². The molecule has 0 saturated carbocycles. The summed E-state index contributed by atoms with van der Waals surface area (Å²) in [5.41, 5.74) is 0.483. The summed E-state index contributed by atoms with van der Waals surface area (Å²) < 4.78 is 10.2. The molecule has 0 aliphatic carbocycles. The molecule has 5 nitrogen and oxygen atoms in total. The van der Waals surface area contributed by atoms with Crippen LogP contribution in [0.5, 0.6) is 0 Å². The van der Waals surface area contributed by atoms with Gasteiger partial charge in [-0.2, -0.15) is 0 Å². The fourth-order valence-electron chi connectivity index (χ4n) is 1.82. The van der Waals surface area contributed by atoms with Crippen molar-refractivity contribution < 1.29 is 19.4 Å². The predicted molar refractivity (Wildman–Crippen MR) is 65.0 cm³/mol. The third kappa shape index (κ3) is 3.21. The zero-order valence-electron chi connectivity index (χ0n) is 10.1. The zero-order valence-corrected chi connectivity index (χ0v) is 10.1. The third-order valence-electron chi connectivity index (χ3n) is 2.93. The summed E-state index contributed by atoms with van der Waals surface area (Å²) in [4.78, 5) is 11.6. The predicted octanol–water partition coefficient (Wildman–Crippen LogP) is 1.06. The first-order chi connectivity index (χ1) is 8.74. The Balaban J connectivity index is 1.78. The molecule has 2 N–H and O–H groups in total. The highest BCUT2D eigenvalue weighted by molar-refractivity contribution is 5.68. The lowest BCUT2D eigenvalue weighted by Crippen LogP contribution is -2.62. The standard InChI is InChI=1S/C13H17NO4/c15-7-6-13(9-17-10-13)14-12(16)18-8-11-4-2-1-3-5-11/h1-5,15H,6-10H2,(H,14,16). The van der Waals surface area contributed by atoms with Crippen molar-refractivity contribution in [2.24, 2.45) is 0 Å². The monoisotopic (exact) mass is 251 g/mol. The van der Waals surface area contributed by atoms with Crippen LogP contribution < -0.4 is 5.32 Å². The van der Waals surface area contributed by atoms with E-state index in [2.05, 4.69) is 5.32 Å². The second-order valence-corrected chi connectivity index (χ2v) is 4.43. The Labute approximate surface area is 106 Å². The topological polar surface area (TPSA) is 67.8 Å². The third-order valence-corrected chi connectivity index (χ3v) is 2.93. The average molecular weight is 251 g/mol. The molecule has 18 heavy (non-hydrogen) atoms. The lowest BCUT2D eigenvalue weighted by atomic mass is 9.94. The van der Waals surface area contributed by atoms with Gasteiger partial charge in [-0.15, -0.1) is 0 Å². The molecule has 2 rings (SSSR count). The summed E-state index contributed by atoms with van der Waals surface area (Å²) in [6, 6.07) is 9.48. The van der Waals surface area contributed by atoms with Crippen molar-refractivity contribution in [2.75, 3.05) is 19.8 Å². The number of nitrogens with one attached hydrogen (secondary N) is 1. The van der Waals surface area contributed by atoms with E-state index in [-0.39, 0.29) is 13.2 Å². The quantitative estimate of drug-likeness (QED) is 0.821. The number of carbonyl (C=O) groups is 1. The summed E-state index contributed by atoms with van der Waals surface area (Å²) in [7, 11) is 0. The lowest BCUT2D eigenvalue weighted by Gasteiger charge is -2.41. The molecular formula is C13H17NO4. The molecule has 0 bridgehead atoms. The normalized spacial score (nSPS) is 16.7. The Morgan fingerprint density at radius 2 is 2.11 bits per heavy atom. The van der Waals surface area contributed by atoms with E-state index in [1.807, 2.05) is 30.3 Å². The summed E-state index contributed by atoms with van der Waals surface area (Å²) >= 11 is 0. The van der Waals surface area contributed by atoms with Crippen molar-refractivity contribution in [3.63, 3.8) is 0 Å². The highest BCUT2D eigenvalue weighted by atomic mass is 16.6. The Hall–Kier alpha value is -1.59. The summed E-state index contributed by atoms with van der Waals surface area (Å²) in [6.07, 6.45) is 0.00331. The smallest absolute Gasteiger partial charge is 0.408 e. The van der Waals surface area contributed by atoms with Gasteiger partial charge in [0.2, 0.25) is 0 Å². The van der Waals surface area contributed by atoms with Crippen molar-refractivity contribution in [2.45, 2.75) is 18.6 Å². The van der Waals surface area contributed by atoms with Crippen LogP contribution in [0.3, 0.4) is 0 Å². The molecule has 1 aromatic carbocycles. The Morgan fingerprint density at radius 3 is 2.67 bits per heavy atom. The largest absolute Gasteiger partial charge is 0.445 e. The van der Waals surface area contributed by atoms with Crippen molar-refractivity contribution in [3.05, 3.63) is 35.9 Å². The first-order valence-electron chi connectivity index (χ1n) is 5.92. The van der Waals surface area contributed by atoms with E-state index in [0.717, 1.165) is 5.56 Å². The molecule has 1 fully saturated rings. The van der Waals surface area contributed by atoms with Gasteiger partial charge in [0, 0.05) is 6.61 Å². The van der Waals surface area contributed by atoms with Gasteiger partial charge < -0.3 is 19.9 Å². The molecular weight excluding hydrogens is 234 g/mol. The van der Waals surface area contributed by atoms with Crippen LogP contribution in [-0.2, 0) is 16.1 Å². The van der Waals surface area contributed by atoms with Gasteiger partial charge in [0.1, 0.15) is 6.61 Å². The van der Waals surface area contributed by atoms with Crippen LogP contribution in [0.15, 0.2) is 30.3 Å². The minimum Gasteiger partial charge on any atom is -0.445 e. The molecule has 5 heteroatoms. The fraction of sp³-hybridized carbons (Fsp3) is 0.462.